The number of likely N-dealkylation sites (N-methyl/N-ethyl adjacent to an activating group) is 1. The molecule has 19 heavy (non-hydrogen) atoms. The molecule has 1 atom stereocenters. The fourth-order valence-electron chi connectivity index (χ4n) is 2.44. The second-order valence-electron chi connectivity index (χ2n) is 5.03. The van der Waals surface area contributed by atoms with Crippen LogP contribution in [0.4, 0.5) is 5.69 Å². The Bertz CT molecular complexity index is 414. The van der Waals surface area contributed by atoms with Crippen molar-refractivity contribution in [3.63, 3.8) is 0 Å². The maximum atomic E-state index is 11.5. The zero-order valence-corrected chi connectivity index (χ0v) is 11.5. The van der Waals surface area contributed by atoms with Crippen molar-refractivity contribution in [1.82, 2.24) is 10.6 Å². The summed E-state index contributed by atoms with van der Waals surface area (Å²) in [6.07, 6.45) is 4.24. The van der Waals surface area contributed by atoms with Crippen molar-refractivity contribution in [2.75, 3.05) is 25.5 Å². The summed E-state index contributed by atoms with van der Waals surface area (Å²) in [5.74, 6) is 0.0463. The van der Waals surface area contributed by atoms with E-state index in [4.69, 9.17) is 0 Å². The number of hydrogen-bond donors (Lipinski definition) is 3. The summed E-state index contributed by atoms with van der Waals surface area (Å²) in [4.78, 5) is 11.5. The Balaban J connectivity index is 1.93. The highest BCUT2D eigenvalue weighted by Crippen LogP contribution is 2.16. The Labute approximate surface area is 115 Å². The molecule has 1 aliphatic heterocycles. The van der Waals surface area contributed by atoms with E-state index in [0.29, 0.717) is 12.5 Å². The Morgan fingerprint density at radius 1 is 1.37 bits per heavy atom. The van der Waals surface area contributed by atoms with Crippen LogP contribution in [0.1, 0.15) is 24.8 Å². The summed E-state index contributed by atoms with van der Waals surface area (Å²) < 4.78 is 0. The molecular formula is C15H23N3O. The second kappa shape index (κ2) is 7.14. The summed E-state index contributed by atoms with van der Waals surface area (Å²) >= 11 is 0. The summed E-state index contributed by atoms with van der Waals surface area (Å²) in [5.41, 5.74) is 2.12. The van der Waals surface area contributed by atoms with E-state index in [1.807, 2.05) is 24.3 Å². The maximum Gasteiger partial charge on any atom is 0.224 e. The van der Waals surface area contributed by atoms with Gasteiger partial charge in [0.15, 0.2) is 0 Å². The van der Waals surface area contributed by atoms with Crippen LogP contribution in [0.2, 0.25) is 0 Å². The average Bonchev–Trinajstić information content (AvgIpc) is 2.47. The topological polar surface area (TPSA) is 53.2 Å². The standard InChI is InChI=1S/C15H23N3O/c1-16-15(19)10-12-6-2-3-8-14(12)18-11-13-7-4-5-9-17-13/h2-3,6,8,13,17-18H,4-5,7,9-11H2,1H3,(H,16,19). The van der Waals surface area contributed by atoms with Crippen molar-refractivity contribution in [3.8, 4) is 0 Å². The Morgan fingerprint density at radius 2 is 2.21 bits per heavy atom. The lowest BCUT2D eigenvalue weighted by Crippen LogP contribution is -2.39. The molecule has 1 unspecified atom stereocenters. The summed E-state index contributed by atoms with van der Waals surface area (Å²) in [5, 5.41) is 9.66. The predicted octanol–water partition coefficient (Wildman–Crippen LogP) is 1.53. The third-order valence-electron chi connectivity index (χ3n) is 3.60. The number of carbonyl (C=O) groups excluding carboxylic acids is 1. The summed E-state index contributed by atoms with van der Waals surface area (Å²) in [6, 6.07) is 8.57. The number of carbonyl (C=O) groups is 1. The zero-order valence-electron chi connectivity index (χ0n) is 11.5. The minimum absolute atomic E-state index is 0.0463. The summed E-state index contributed by atoms with van der Waals surface area (Å²) in [6.45, 7) is 2.04. The number of hydrogen-bond acceptors (Lipinski definition) is 3. The van der Waals surface area contributed by atoms with E-state index >= 15 is 0 Å². The van der Waals surface area contributed by atoms with E-state index in [0.717, 1.165) is 24.3 Å². The lowest BCUT2D eigenvalue weighted by atomic mass is 10.0. The molecule has 0 spiro atoms. The fourth-order valence-corrected chi connectivity index (χ4v) is 2.44. The van der Waals surface area contributed by atoms with E-state index in [9.17, 15) is 4.79 Å². The smallest absolute Gasteiger partial charge is 0.224 e. The Morgan fingerprint density at radius 3 is 2.95 bits per heavy atom. The Hall–Kier alpha value is -1.55. The lowest BCUT2D eigenvalue weighted by Gasteiger charge is -2.24. The molecule has 1 fully saturated rings. The minimum atomic E-state index is 0.0463. The molecule has 2 rings (SSSR count). The van der Waals surface area contributed by atoms with Crippen LogP contribution < -0.4 is 16.0 Å². The maximum absolute atomic E-state index is 11.5. The first kappa shape index (κ1) is 13.9. The molecule has 1 aliphatic rings. The molecule has 1 aromatic carbocycles. The van der Waals surface area contributed by atoms with Crippen LogP contribution in [0.25, 0.3) is 0 Å². The van der Waals surface area contributed by atoms with Crippen molar-refractivity contribution in [1.29, 1.82) is 0 Å². The molecule has 0 saturated carbocycles. The third-order valence-corrected chi connectivity index (χ3v) is 3.60. The molecule has 4 nitrogen and oxygen atoms in total. The number of amides is 1. The third kappa shape index (κ3) is 4.24. The number of para-hydroxylation sites is 1. The van der Waals surface area contributed by atoms with Gasteiger partial charge in [-0.1, -0.05) is 24.6 Å². The van der Waals surface area contributed by atoms with E-state index in [-0.39, 0.29) is 5.91 Å². The number of nitrogens with one attached hydrogen (secondary N) is 3. The first-order valence-electron chi connectivity index (χ1n) is 7.05. The van der Waals surface area contributed by atoms with Crippen molar-refractivity contribution in [3.05, 3.63) is 29.8 Å². The SMILES string of the molecule is CNC(=O)Cc1ccccc1NCC1CCCCN1. The van der Waals surface area contributed by atoms with Gasteiger partial charge in [0.1, 0.15) is 0 Å². The molecule has 0 radical (unpaired) electrons. The highest BCUT2D eigenvalue weighted by atomic mass is 16.1. The number of piperidine rings is 1. The van der Waals surface area contributed by atoms with Gasteiger partial charge in [0.25, 0.3) is 0 Å². The number of benzene rings is 1. The van der Waals surface area contributed by atoms with Crippen LogP contribution in [-0.4, -0.2) is 32.1 Å². The highest BCUT2D eigenvalue weighted by molar-refractivity contribution is 5.80. The monoisotopic (exact) mass is 261 g/mol. The largest absolute Gasteiger partial charge is 0.383 e. The van der Waals surface area contributed by atoms with Gasteiger partial charge in [-0.3, -0.25) is 4.79 Å². The lowest BCUT2D eigenvalue weighted by molar-refractivity contribution is -0.119. The predicted molar refractivity (Wildman–Crippen MR) is 78.3 cm³/mol. The molecule has 1 saturated heterocycles. The van der Waals surface area contributed by atoms with E-state index in [1.165, 1.54) is 19.3 Å². The first-order valence-corrected chi connectivity index (χ1v) is 7.05. The van der Waals surface area contributed by atoms with Gasteiger partial charge in [0.2, 0.25) is 5.91 Å². The second-order valence-corrected chi connectivity index (χ2v) is 5.03. The zero-order chi connectivity index (χ0) is 13.5. The van der Waals surface area contributed by atoms with Gasteiger partial charge >= 0.3 is 0 Å². The van der Waals surface area contributed by atoms with Crippen molar-refractivity contribution < 1.29 is 4.79 Å². The van der Waals surface area contributed by atoms with Crippen LogP contribution in [0, 0.1) is 0 Å². The van der Waals surface area contributed by atoms with Gasteiger partial charge in [0.05, 0.1) is 6.42 Å². The quantitative estimate of drug-likeness (QED) is 0.753. The van der Waals surface area contributed by atoms with Gasteiger partial charge in [0, 0.05) is 25.3 Å². The van der Waals surface area contributed by atoms with E-state index < -0.39 is 0 Å². The molecule has 4 heteroatoms. The van der Waals surface area contributed by atoms with Crippen LogP contribution in [0.3, 0.4) is 0 Å². The van der Waals surface area contributed by atoms with Gasteiger partial charge in [-0.15, -0.1) is 0 Å². The van der Waals surface area contributed by atoms with Crippen molar-refractivity contribution in [2.45, 2.75) is 31.7 Å². The molecule has 1 amide bonds. The van der Waals surface area contributed by atoms with E-state index in [2.05, 4.69) is 16.0 Å². The first-order chi connectivity index (χ1) is 9.29. The fraction of sp³-hybridized carbons (Fsp3) is 0.533. The molecule has 0 aromatic heterocycles. The van der Waals surface area contributed by atoms with Crippen LogP contribution in [0.15, 0.2) is 24.3 Å². The van der Waals surface area contributed by atoms with Gasteiger partial charge < -0.3 is 16.0 Å². The average molecular weight is 261 g/mol. The molecular weight excluding hydrogens is 238 g/mol. The minimum Gasteiger partial charge on any atom is -0.383 e. The molecule has 0 aliphatic carbocycles. The molecule has 104 valence electrons. The van der Waals surface area contributed by atoms with E-state index in [1.54, 1.807) is 7.05 Å². The van der Waals surface area contributed by atoms with Crippen LogP contribution in [-0.2, 0) is 11.2 Å². The normalized spacial score (nSPS) is 18.9. The van der Waals surface area contributed by atoms with Crippen molar-refractivity contribution >= 4 is 11.6 Å². The Kier molecular flexibility index (Phi) is 5.21. The summed E-state index contributed by atoms with van der Waals surface area (Å²) in [7, 11) is 1.67. The van der Waals surface area contributed by atoms with Gasteiger partial charge in [-0.05, 0) is 31.0 Å². The number of rotatable bonds is 5. The van der Waals surface area contributed by atoms with Crippen LogP contribution in [0.5, 0.6) is 0 Å². The van der Waals surface area contributed by atoms with Gasteiger partial charge in [-0.25, -0.2) is 0 Å². The molecule has 1 aromatic rings. The molecule has 0 bridgehead atoms. The molecule has 3 N–H and O–H groups in total. The van der Waals surface area contributed by atoms with Crippen LogP contribution >= 0.6 is 0 Å². The molecule has 1 heterocycles. The highest BCUT2D eigenvalue weighted by Gasteiger charge is 2.13. The van der Waals surface area contributed by atoms with Gasteiger partial charge in [-0.2, -0.15) is 0 Å². The number of anilines is 1. The van der Waals surface area contributed by atoms with Crippen molar-refractivity contribution in [2.24, 2.45) is 0 Å².